The summed E-state index contributed by atoms with van der Waals surface area (Å²) >= 11 is 0. The molecule has 2 N–H and O–H groups in total. The molecule has 1 aromatic carbocycles. The number of nitrogens with two attached hydrogens (primary N) is 1. The van der Waals surface area contributed by atoms with Crippen molar-refractivity contribution in [2.24, 2.45) is 5.14 Å². The minimum atomic E-state index is -4.63. The fourth-order valence-electron chi connectivity index (χ4n) is 2.22. The molecule has 0 bridgehead atoms. The number of sulfonamides is 1. The number of primary sulfonamides is 1. The van der Waals surface area contributed by atoms with Gasteiger partial charge in [0.25, 0.3) is 0 Å². The summed E-state index contributed by atoms with van der Waals surface area (Å²) in [5.74, 6) is -0.605. The Kier molecular flexibility index (Phi) is 3.59. The number of hydrogen-bond acceptors (Lipinski definition) is 3. The van der Waals surface area contributed by atoms with Gasteiger partial charge in [0.2, 0.25) is 10.0 Å². The van der Waals surface area contributed by atoms with Crippen LogP contribution in [0.25, 0.3) is 0 Å². The highest BCUT2D eigenvalue weighted by atomic mass is 32.2. The van der Waals surface area contributed by atoms with Crippen LogP contribution in [0.1, 0.15) is 23.5 Å². The van der Waals surface area contributed by atoms with Gasteiger partial charge in [-0.05, 0) is 24.1 Å². The zero-order valence-corrected chi connectivity index (χ0v) is 10.6. The van der Waals surface area contributed by atoms with Gasteiger partial charge in [-0.2, -0.15) is 13.2 Å². The van der Waals surface area contributed by atoms with E-state index in [1.54, 1.807) is 0 Å². The summed E-state index contributed by atoms with van der Waals surface area (Å²) in [6.45, 7) is 0.372. The lowest BCUT2D eigenvalue weighted by Crippen LogP contribution is -2.20. The predicted octanol–water partition coefficient (Wildman–Crippen LogP) is 1.86. The van der Waals surface area contributed by atoms with E-state index >= 15 is 0 Å². The molecule has 8 heteroatoms. The summed E-state index contributed by atoms with van der Waals surface area (Å²) in [6, 6.07) is 3.00. The van der Waals surface area contributed by atoms with Crippen LogP contribution in [0.3, 0.4) is 0 Å². The van der Waals surface area contributed by atoms with E-state index in [1.807, 2.05) is 0 Å². The fourth-order valence-corrected chi connectivity index (χ4v) is 3.07. The molecule has 0 amide bonds. The first-order valence-corrected chi connectivity index (χ1v) is 7.06. The van der Waals surface area contributed by atoms with E-state index in [0.29, 0.717) is 13.0 Å². The van der Waals surface area contributed by atoms with Crippen molar-refractivity contribution >= 4 is 10.0 Å². The van der Waals surface area contributed by atoms with Gasteiger partial charge in [-0.25, -0.2) is 13.6 Å². The number of alkyl halides is 3. The molecule has 1 fully saturated rings. The van der Waals surface area contributed by atoms with E-state index in [0.717, 1.165) is 18.2 Å². The first kappa shape index (κ1) is 14.3. The molecule has 0 saturated carbocycles. The second-order valence-corrected chi connectivity index (χ2v) is 5.85. The Morgan fingerprint density at radius 1 is 1.32 bits per heavy atom. The molecule has 1 aliphatic heterocycles. The van der Waals surface area contributed by atoms with E-state index in [2.05, 4.69) is 0 Å². The molecule has 1 saturated heterocycles. The van der Waals surface area contributed by atoms with Crippen LogP contribution in [-0.4, -0.2) is 21.6 Å². The van der Waals surface area contributed by atoms with Crippen LogP contribution in [0, 0.1) is 0 Å². The van der Waals surface area contributed by atoms with Crippen LogP contribution in [0.5, 0.6) is 0 Å². The van der Waals surface area contributed by atoms with Gasteiger partial charge in [-0.15, -0.1) is 0 Å². The molecule has 0 radical (unpaired) electrons. The molecule has 0 aliphatic carbocycles. The largest absolute Gasteiger partial charge is 0.416 e. The Hall–Kier alpha value is -1.12. The zero-order valence-electron chi connectivity index (χ0n) is 9.77. The van der Waals surface area contributed by atoms with Crippen LogP contribution < -0.4 is 5.14 Å². The molecule has 2 rings (SSSR count). The monoisotopic (exact) mass is 295 g/mol. The first-order chi connectivity index (χ1) is 8.71. The van der Waals surface area contributed by atoms with Gasteiger partial charge in [0.05, 0.1) is 17.1 Å². The lowest BCUT2D eigenvalue weighted by atomic mass is 9.93. The number of rotatable bonds is 2. The topological polar surface area (TPSA) is 69.4 Å². The molecule has 1 aromatic rings. The highest BCUT2D eigenvalue weighted by Crippen LogP contribution is 2.40. The van der Waals surface area contributed by atoms with Gasteiger partial charge in [-0.3, -0.25) is 0 Å². The average Bonchev–Trinajstić information content (AvgIpc) is 2.78. The fraction of sp³-hybridized carbons (Fsp3) is 0.455. The summed E-state index contributed by atoms with van der Waals surface area (Å²) in [5.41, 5.74) is -1.25. The Labute approximate surface area is 108 Å². The van der Waals surface area contributed by atoms with Crippen molar-refractivity contribution in [3.8, 4) is 0 Å². The second kappa shape index (κ2) is 4.77. The first-order valence-electron chi connectivity index (χ1n) is 5.52. The van der Waals surface area contributed by atoms with E-state index in [9.17, 15) is 21.6 Å². The van der Waals surface area contributed by atoms with Crippen molar-refractivity contribution in [2.45, 2.75) is 23.4 Å². The predicted molar refractivity (Wildman–Crippen MR) is 61.0 cm³/mol. The molecule has 106 valence electrons. The highest BCUT2D eigenvalue weighted by Gasteiger charge is 2.38. The zero-order chi connectivity index (χ0) is 14.3. The maximum Gasteiger partial charge on any atom is 0.416 e. The van der Waals surface area contributed by atoms with Crippen LogP contribution in [0.2, 0.25) is 0 Å². The molecular formula is C11H12F3NO3S. The molecular weight excluding hydrogens is 283 g/mol. The molecule has 1 heterocycles. The van der Waals surface area contributed by atoms with Crippen molar-refractivity contribution < 1.29 is 26.3 Å². The maximum atomic E-state index is 13.0. The van der Waals surface area contributed by atoms with Gasteiger partial charge in [0.15, 0.2) is 0 Å². The van der Waals surface area contributed by atoms with Crippen molar-refractivity contribution in [1.82, 2.24) is 0 Å². The maximum absolute atomic E-state index is 13.0. The summed E-state index contributed by atoms with van der Waals surface area (Å²) in [4.78, 5) is -0.474. The number of halogens is 3. The summed E-state index contributed by atoms with van der Waals surface area (Å²) < 4.78 is 66.9. The normalized spacial score (nSPS) is 20.7. The van der Waals surface area contributed by atoms with E-state index in [4.69, 9.17) is 9.88 Å². The smallest absolute Gasteiger partial charge is 0.381 e. The van der Waals surface area contributed by atoms with Crippen molar-refractivity contribution in [3.05, 3.63) is 29.3 Å². The quantitative estimate of drug-likeness (QED) is 0.905. The Morgan fingerprint density at radius 3 is 2.47 bits per heavy atom. The molecule has 0 spiro atoms. The highest BCUT2D eigenvalue weighted by molar-refractivity contribution is 7.89. The standard InChI is InChI=1S/C11H12F3NO3S/c12-11(13,14)8-2-1-3-9(19(15,16)17)10(8)7-4-5-18-6-7/h1-3,7H,4-6H2,(H2,15,16,17). The van der Waals surface area contributed by atoms with Crippen molar-refractivity contribution in [2.75, 3.05) is 13.2 Å². The van der Waals surface area contributed by atoms with Crippen LogP contribution >= 0.6 is 0 Å². The Balaban J connectivity index is 2.69. The summed E-state index contributed by atoms with van der Waals surface area (Å²) in [6.07, 6.45) is -4.28. The molecule has 1 aliphatic rings. The molecule has 1 unspecified atom stereocenters. The van der Waals surface area contributed by atoms with Gasteiger partial charge in [0, 0.05) is 12.5 Å². The molecule has 19 heavy (non-hydrogen) atoms. The molecule has 4 nitrogen and oxygen atoms in total. The second-order valence-electron chi connectivity index (χ2n) is 4.32. The van der Waals surface area contributed by atoms with Gasteiger partial charge in [0.1, 0.15) is 0 Å². The molecule has 0 aromatic heterocycles. The van der Waals surface area contributed by atoms with Crippen molar-refractivity contribution in [1.29, 1.82) is 0 Å². The van der Waals surface area contributed by atoms with Crippen molar-refractivity contribution in [3.63, 3.8) is 0 Å². The van der Waals surface area contributed by atoms with Crippen LogP contribution in [0.4, 0.5) is 13.2 Å². The Morgan fingerprint density at radius 2 is 2.00 bits per heavy atom. The van der Waals surface area contributed by atoms with Gasteiger partial charge >= 0.3 is 6.18 Å². The lowest BCUT2D eigenvalue weighted by molar-refractivity contribution is -0.138. The third kappa shape index (κ3) is 2.90. The summed E-state index contributed by atoms with van der Waals surface area (Å²) in [7, 11) is -4.21. The minimum absolute atomic E-state index is 0.0651. The van der Waals surface area contributed by atoms with E-state index < -0.39 is 32.6 Å². The van der Waals surface area contributed by atoms with Crippen LogP contribution in [0.15, 0.2) is 23.1 Å². The number of benzene rings is 1. The molecule has 1 atom stereocenters. The number of hydrogen-bond donors (Lipinski definition) is 1. The SMILES string of the molecule is NS(=O)(=O)c1cccc(C(F)(F)F)c1C1CCOC1. The van der Waals surface area contributed by atoms with Gasteiger partial charge < -0.3 is 4.74 Å². The summed E-state index contributed by atoms with van der Waals surface area (Å²) in [5, 5.41) is 5.00. The van der Waals surface area contributed by atoms with E-state index in [1.165, 1.54) is 0 Å². The minimum Gasteiger partial charge on any atom is -0.381 e. The number of ether oxygens (including phenoxy) is 1. The van der Waals surface area contributed by atoms with E-state index in [-0.39, 0.29) is 12.2 Å². The Bertz CT molecular complexity index is 577. The van der Waals surface area contributed by atoms with Gasteiger partial charge in [-0.1, -0.05) is 6.07 Å². The lowest BCUT2D eigenvalue weighted by Gasteiger charge is -2.19. The third-order valence-corrected chi connectivity index (χ3v) is 3.99. The average molecular weight is 295 g/mol. The third-order valence-electron chi connectivity index (χ3n) is 3.02. The van der Waals surface area contributed by atoms with Crippen LogP contribution in [-0.2, 0) is 20.9 Å².